The second kappa shape index (κ2) is 8.76. The predicted octanol–water partition coefficient (Wildman–Crippen LogP) is 3.78. The molecule has 0 saturated carbocycles. The van der Waals surface area contributed by atoms with E-state index in [1.807, 2.05) is 0 Å². The van der Waals surface area contributed by atoms with Crippen molar-refractivity contribution in [3.05, 3.63) is 90.0 Å². The van der Waals surface area contributed by atoms with E-state index in [0.29, 0.717) is 5.54 Å². The molecular formula is C25H28NOSi. The maximum Gasteiger partial charge on any atom is 0.128 e. The van der Waals surface area contributed by atoms with Crippen LogP contribution < -0.4 is 15.3 Å². The summed E-state index contributed by atoms with van der Waals surface area (Å²) in [7, 11) is -0.922. The molecule has 1 heterocycles. The normalized spacial score (nSPS) is 15.6. The van der Waals surface area contributed by atoms with Gasteiger partial charge in [0.2, 0.25) is 0 Å². The van der Waals surface area contributed by atoms with Crippen LogP contribution >= 0.6 is 0 Å². The van der Waals surface area contributed by atoms with Gasteiger partial charge in [0.15, 0.2) is 0 Å². The number of benzene rings is 3. The van der Waals surface area contributed by atoms with Gasteiger partial charge in [-0.2, -0.15) is 0 Å². The van der Waals surface area contributed by atoms with Gasteiger partial charge in [-0.15, -0.1) is 0 Å². The van der Waals surface area contributed by atoms with Crippen LogP contribution in [0.25, 0.3) is 0 Å². The minimum absolute atomic E-state index is 0.494. The third-order valence-corrected chi connectivity index (χ3v) is 8.79. The van der Waals surface area contributed by atoms with Crippen LogP contribution in [0.2, 0.25) is 0 Å². The summed E-state index contributed by atoms with van der Waals surface area (Å²) in [4.78, 5) is 2.44. The highest BCUT2D eigenvalue weighted by Gasteiger charge is 2.26. The van der Waals surface area contributed by atoms with Gasteiger partial charge in [0.25, 0.3) is 0 Å². The van der Waals surface area contributed by atoms with E-state index in [1.54, 1.807) is 0 Å². The molecule has 3 aromatic rings. The summed E-state index contributed by atoms with van der Waals surface area (Å²) in [6, 6.07) is 29.1. The lowest BCUT2D eigenvalue weighted by atomic mass is 10.0. The zero-order valence-electron chi connectivity index (χ0n) is 16.8. The van der Waals surface area contributed by atoms with Gasteiger partial charge in [0.1, 0.15) is 8.80 Å². The molecule has 143 valence electrons. The van der Waals surface area contributed by atoms with Crippen molar-refractivity contribution < 1.29 is 4.74 Å². The molecule has 2 nitrogen and oxygen atoms in total. The number of ether oxygens (including phenoxy) is 1. The van der Waals surface area contributed by atoms with E-state index >= 15 is 0 Å². The van der Waals surface area contributed by atoms with Crippen molar-refractivity contribution in [3.63, 3.8) is 0 Å². The Balaban J connectivity index is 1.68. The molecule has 0 aliphatic carbocycles. The lowest BCUT2D eigenvalue weighted by molar-refractivity contribution is 0.122. The first-order valence-electron chi connectivity index (χ1n) is 10.1. The number of nitrogens with zero attached hydrogens (tertiary/aromatic N) is 1. The average molecular weight is 387 g/mol. The van der Waals surface area contributed by atoms with Crippen LogP contribution in [0.5, 0.6) is 0 Å². The van der Waals surface area contributed by atoms with Crippen molar-refractivity contribution >= 4 is 24.9 Å². The van der Waals surface area contributed by atoms with Crippen molar-refractivity contribution in [2.24, 2.45) is 0 Å². The van der Waals surface area contributed by atoms with Gasteiger partial charge in [0, 0.05) is 18.8 Å². The van der Waals surface area contributed by atoms with Gasteiger partial charge >= 0.3 is 0 Å². The molecule has 1 radical (unpaired) electrons. The first-order chi connectivity index (χ1) is 13.7. The van der Waals surface area contributed by atoms with Crippen molar-refractivity contribution in [1.82, 2.24) is 0 Å². The molecule has 0 aromatic heterocycles. The molecule has 3 aromatic carbocycles. The van der Waals surface area contributed by atoms with Crippen LogP contribution in [-0.2, 0) is 4.74 Å². The molecule has 0 bridgehead atoms. The Bertz CT molecular complexity index is 851. The summed E-state index contributed by atoms with van der Waals surface area (Å²) in [5, 5.41) is 2.95. The summed E-state index contributed by atoms with van der Waals surface area (Å²) in [5.41, 5.74) is 4.68. The molecule has 3 heteroatoms. The van der Waals surface area contributed by atoms with Crippen molar-refractivity contribution in [2.45, 2.75) is 19.4 Å². The summed E-state index contributed by atoms with van der Waals surface area (Å²) in [6.07, 6.45) is 0. The third-order valence-electron chi connectivity index (χ3n) is 5.70. The van der Waals surface area contributed by atoms with Crippen LogP contribution in [0, 0.1) is 6.92 Å². The number of morpholine rings is 1. The van der Waals surface area contributed by atoms with E-state index in [4.69, 9.17) is 4.74 Å². The Morgan fingerprint density at radius 3 is 1.93 bits per heavy atom. The SMILES string of the molecule is Cc1cc(N2CCOCC2)ccc1C(C)[Si](c1ccccc1)c1ccccc1. The maximum absolute atomic E-state index is 5.51. The minimum atomic E-state index is -0.922. The van der Waals surface area contributed by atoms with Crippen molar-refractivity contribution in [1.29, 1.82) is 0 Å². The van der Waals surface area contributed by atoms with Gasteiger partial charge in [-0.25, -0.2) is 0 Å². The molecule has 1 aliphatic heterocycles. The smallest absolute Gasteiger partial charge is 0.128 e. The fraction of sp³-hybridized carbons (Fsp3) is 0.280. The first kappa shape index (κ1) is 19.0. The Labute approximate surface area is 170 Å². The van der Waals surface area contributed by atoms with E-state index < -0.39 is 8.80 Å². The fourth-order valence-electron chi connectivity index (χ4n) is 4.22. The lowest BCUT2D eigenvalue weighted by Crippen LogP contribution is -2.46. The van der Waals surface area contributed by atoms with Crippen LogP contribution in [0.3, 0.4) is 0 Å². The topological polar surface area (TPSA) is 12.5 Å². The Kier molecular flexibility index (Phi) is 5.94. The summed E-state index contributed by atoms with van der Waals surface area (Å²) in [5.74, 6) is 0. The van der Waals surface area contributed by atoms with E-state index in [1.165, 1.54) is 27.2 Å². The maximum atomic E-state index is 5.51. The molecule has 1 unspecified atom stereocenters. The molecule has 0 spiro atoms. The zero-order valence-corrected chi connectivity index (χ0v) is 17.8. The number of hydrogen-bond donors (Lipinski definition) is 0. The standard InChI is InChI=1S/C25H28NOSi/c1-20-19-22(26-15-17-27-18-16-26)13-14-25(20)21(2)28(23-9-5-3-6-10-23)24-11-7-4-8-12-24/h3-14,19,21H,15-18H2,1-2H3. The van der Waals surface area contributed by atoms with Gasteiger partial charge in [-0.1, -0.05) is 84.0 Å². The predicted molar refractivity (Wildman–Crippen MR) is 121 cm³/mol. The van der Waals surface area contributed by atoms with Gasteiger partial charge in [-0.05, 0) is 35.7 Å². The first-order valence-corrected chi connectivity index (χ1v) is 11.7. The molecular weight excluding hydrogens is 358 g/mol. The van der Waals surface area contributed by atoms with Crippen molar-refractivity contribution in [2.75, 3.05) is 31.2 Å². The molecule has 1 atom stereocenters. The zero-order chi connectivity index (χ0) is 19.3. The van der Waals surface area contributed by atoms with Gasteiger partial charge in [0.05, 0.1) is 13.2 Å². The fourth-order valence-corrected chi connectivity index (χ4v) is 7.29. The van der Waals surface area contributed by atoms with E-state index in [0.717, 1.165) is 26.3 Å². The van der Waals surface area contributed by atoms with Crippen LogP contribution in [0.15, 0.2) is 78.9 Å². The van der Waals surface area contributed by atoms with Crippen LogP contribution in [0.4, 0.5) is 5.69 Å². The average Bonchev–Trinajstić information content (AvgIpc) is 2.76. The Hall–Kier alpha value is -2.36. The highest BCUT2D eigenvalue weighted by atomic mass is 28.3. The monoisotopic (exact) mass is 386 g/mol. The van der Waals surface area contributed by atoms with E-state index in [9.17, 15) is 0 Å². The molecule has 1 saturated heterocycles. The van der Waals surface area contributed by atoms with Gasteiger partial charge in [-0.3, -0.25) is 0 Å². The quantitative estimate of drug-likeness (QED) is 0.619. The highest BCUT2D eigenvalue weighted by Crippen LogP contribution is 2.27. The van der Waals surface area contributed by atoms with Crippen LogP contribution in [0.1, 0.15) is 23.6 Å². The summed E-state index contributed by atoms with van der Waals surface area (Å²) in [6.45, 7) is 8.30. The Morgan fingerprint density at radius 2 is 1.39 bits per heavy atom. The minimum Gasteiger partial charge on any atom is -0.378 e. The second-order valence-electron chi connectivity index (χ2n) is 7.51. The summed E-state index contributed by atoms with van der Waals surface area (Å²) >= 11 is 0. The highest BCUT2D eigenvalue weighted by molar-refractivity contribution is 6.86. The van der Waals surface area contributed by atoms with Crippen LogP contribution in [-0.4, -0.2) is 35.1 Å². The molecule has 0 amide bonds. The molecule has 4 rings (SSSR count). The largest absolute Gasteiger partial charge is 0.378 e. The Morgan fingerprint density at radius 1 is 0.821 bits per heavy atom. The van der Waals surface area contributed by atoms with Crippen molar-refractivity contribution in [3.8, 4) is 0 Å². The number of rotatable bonds is 5. The van der Waals surface area contributed by atoms with Gasteiger partial charge < -0.3 is 9.64 Å². The van der Waals surface area contributed by atoms with E-state index in [-0.39, 0.29) is 0 Å². The summed E-state index contributed by atoms with van der Waals surface area (Å²) < 4.78 is 5.51. The molecule has 0 N–H and O–H groups in total. The number of aryl methyl sites for hydroxylation is 1. The number of hydrogen-bond acceptors (Lipinski definition) is 2. The lowest BCUT2D eigenvalue weighted by Gasteiger charge is -2.30. The second-order valence-corrected chi connectivity index (χ2v) is 10.4. The molecule has 1 fully saturated rings. The number of anilines is 1. The third kappa shape index (κ3) is 4.06. The van der Waals surface area contributed by atoms with E-state index in [2.05, 4.69) is 97.6 Å². The molecule has 1 aliphatic rings. The molecule has 28 heavy (non-hydrogen) atoms.